The van der Waals surface area contributed by atoms with E-state index >= 15 is 0 Å². The van der Waals surface area contributed by atoms with E-state index in [4.69, 9.17) is 0 Å². The number of nitrogens with zero attached hydrogens (tertiary/aromatic N) is 1. The highest BCUT2D eigenvalue weighted by Crippen LogP contribution is 2.50. The Morgan fingerprint density at radius 1 is 1.17 bits per heavy atom. The quantitative estimate of drug-likeness (QED) is 0.813. The maximum Gasteiger partial charge on any atom is 0.240 e. The minimum absolute atomic E-state index is 0.0458. The van der Waals surface area contributed by atoms with Gasteiger partial charge >= 0.3 is 0 Å². The number of amides is 1. The van der Waals surface area contributed by atoms with Crippen molar-refractivity contribution in [3.8, 4) is 0 Å². The van der Waals surface area contributed by atoms with Crippen molar-refractivity contribution in [1.29, 1.82) is 0 Å². The highest BCUT2D eigenvalue weighted by Gasteiger charge is 2.45. The van der Waals surface area contributed by atoms with Crippen LogP contribution in [0.3, 0.4) is 0 Å². The number of hydrogen-bond donors (Lipinski definition) is 1. The first kappa shape index (κ1) is 12.5. The molecule has 2 saturated carbocycles. The number of fused-ring (bicyclic) bond motifs is 1. The third-order valence-corrected chi connectivity index (χ3v) is 5.44. The highest BCUT2D eigenvalue weighted by molar-refractivity contribution is 5.82. The molecule has 0 spiro atoms. The molecular formula is C15H26N2O. The first-order chi connectivity index (χ1) is 8.70. The lowest BCUT2D eigenvalue weighted by atomic mass is 9.93. The monoisotopic (exact) mass is 250 g/mol. The van der Waals surface area contributed by atoms with E-state index in [0.29, 0.717) is 17.9 Å². The lowest BCUT2D eigenvalue weighted by Gasteiger charge is -2.35. The number of carbonyl (C=O) groups excluding carboxylic acids is 1. The molecule has 18 heavy (non-hydrogen) atoms. The van der Waals surface area contributed by atoms with Gasteiger partial charge in [0.05, 0.1) is 6.04 Å². The highest BCUT2D eigenvalue weighted by atomic mass is 16.2. The number of nitrogens with one attached hydrogen (secondary N) is 1. The second kappa shape index (κ2) is 4.84. The third kappa shape index (κ3) is 2.18. The predicted octanol–water partition coefficient (Wildman–Crippen LogP) is 2.02. The Morgan fingerprint density at radius 3 is 2.72 bits per heavy atom. The molecule has 3 heteroatoms. The third-order valence-electron chi connectivity index (χ3n) is 5.44. The number of rotatable bonds is 2. The molecule has 5 unspecified atom stereocenters. The first-order valence-electron chi connectivity index (χ1n) is 7.68. The van der Waals surface area contributed by atoms with Gasteiger partial charge in [0.2, 0.25) is 5.91 Å². The molecule has 2 aliphatic carbocycles. The van der Waals surface area contributed by atoms with E-state index in [1.54, 1.807) is 0 Å². The second-order valence-electron chi connectivity index (χ2n) is 6.64. The lowest BCUT2D eigenvalue weighted by Crippen LogP contribution is -2.51. The van der Waals surface area contributed by atoms with Crippen molar-refractivity contribution in [3.63, 3.8) is 0 Å². The van der Waals surface area contributed by atoms with E-state index in [1.807, 2.05) is 7.05 Å². The van der Waals surface area contributed by atoms with Gasteiger partial charge in [-0.25, -0.2) is 0 Å². The van der Waals surface area contributed by atoms with Crippen molar-refractivity contribution in [2.45, 2.75) is 57.5 Å². The van der Waals surface area contributed by atoms with Crippen LogP contribution in [-0.4, -0.2) is 36.5 Å². The van der Waals surface area contributed by atoms with Gasteiger partial charge in [0.15, 0.2) is 0 Å². The second-order valence-corrected chi connectivity index (χ2v) is 6.64. The number of carbonyl (C=O) groups is 1. The minimum Gasteiger partial charge on any atom is -0.338 e. The summed E-state index contributed by atoms with van der Waals surface area (Å²) in [6.07, 6.45) is 7.67. The first-order valence-corrected chi connectivity index (χ1v) is 7.68. The molecule has 1 saturated heterocycles. The van der Waals surface area contributed by atoms with Gasteiger partial charge in [-0.3, -0.25) is 4.79 Å². The normalized spacial score (nSPS) is 44.4. The largest absolute Gasteiger partial charge is 0.338 e. The summed E-state index contributed by atoms with van der Waals surface area (Å²) >= 11 is 0. The van der Waals surface area contributed by atoms with E-state index < -0.39 is 0 Å². The van der Waals surface area contributed by atoms with Crippen LogP contribution < -0.4 is 5.32 Å². The fourth-order valence-corrected chi connectivity index (χ4v) is 4.16. The number of hydrogen-bond acceptors (Lipinski definition) is 2. The molecule has 0 aromatic carbocycles. The van der Waals surface area contributed by atoms with Gasteiger partial charge in [-0.2, -0.15) is 0 Å². The fraction of sp³-hybridized carbons (Fsp3) is 0.933. The maximum atomic E-state index is 12.7. The molecule has 1 N–H and O–H groups in total. The van der Waals surface area contributed by atoms with Crippen LogP contribution in [0.5, 0.6) is 0 Å². The van der Waals surface area contributed by atoms with Crippen LogP contribution in [0.1, 0.15) is 45.4 Å². The SMILES string of the molecule is CNC1C(=O)N(C2CCC3CC3C2)CCCC1C. The van der Waals surface area contributed by atoms with Gasteiger partial charge in [0.25, 0.3) is 0 Å². The van der Waals surface area contributed by atoms with Crippen LogP contribution in [0, 0.1) is 17.8 Å². The molecule has 3 aliphatic rings. The van der Waals surface area contributed by atoms with Gasteiger partial charge in [-0.1, -0.05) is 6.92 Å². The smallest absolute Gasteiger partial charge is 0.240 e. The molecule has 3 nitrogen and oxygen atoms in total. The molecule has 0 aromatic heterocycles. The van der Waals surface area contributed by atoms with Crippen molar-refractivity contribution >= 4 is 5.91 Å². The zero-order chi connectivity index (χ0) is 12.7. The molecule has 0 radical (unpaired) electrons. The Morgan fingerprint density at radius 2 is 2.00 bits per heavy atom. The van der Waals surface area contributed by atoms with Crippen LogP contribution >= 0.6 is 0 Å². The number of likely N-dealkylation sites (N-methyl/N-ethyl adjacent to an activating group) is 1. The maximum absolute atomic E-state index is 12.7. The van der Waals surface area contributed by atoms with Crippen molar-refractivity contribution in [2.75, 3.05) is 13.6 Å². The molecule has 0 bridgehead atoms. The fourth-order valence-electron chi connectivity index (χ4n) is 4.16. The van der Waals surface area contributed by atoms with Crippen LogP contribution in [0.15, 0.2) is 0 Å². The van der Waals surface area contributed by atoms with E-state index in [-0.39, 0.29) is 6.04 Å². The topological polar surface area (TPSA) is 32.3 Å². The lowest BCUT2D eigenvalue weighted by molar-refractivity contribution is -0.136. The summed E-state index contributed by atoms with van der Waals surface area (Å²) in [6.45, 7) is 3.20. The number of likely N-dealkylation sites (tertiary alicyclic amines) is 1. The van der Waals surface area contributed by atoms with Crippen LogP contribution in [0.2, 0.25) is 0 Å². The molecule has 3 fully saturated rings. The summed E-state index contributed by atoms with van der Waals surface area (Å²) < 4.78 is 0. The van der Waals surface area contributed by atoms with Gasteiger partial charge < -0.3 is 10.2 Å². The summed E-state index contributed by atoms with van der Waals surface area (Å²) in [4.78, 5) is 14.9. The molecule has 1 amide bonds. The van der Waals surface area contributed by atoms with Crippen LogP contribution in [0.25, 0.3) is 0 Å². The standard InChI is InChI=1S/C15H26N2O/c1-10-4-3-7-17(15(18)14(10)16-2)13-6-5-11-8-12(11)9-13/h10-14,16H,3-9H2,1-2H3. The van der Waals surface area contributed by atoms with E-state index in [9.17, 15) is 4.79 Å². The van der Waals surface area contributed by atoms with E-state index in [2.05, 4.69) is 17.1 Å². The molecule has 1 aliphatic heterocycles. The Hall–Kier alpha value is -0.570. The van der Waals surface area contributed by atoms with Gasteiger partial charge in [0, 0.05) is 12.6 Å². The average Bonchev–Trinajstić information content (AvgIpc) is 3.13. The predicted molar refractivity (Wildman–Crippen MR) is 72.2 cm³/mol. The van der Waals surface area contributed by atoms with Crippen LogP contribution in [0.4, 0.5) is 0 Å². The van der Waals surface area contributed by atoms with Crippen molar-refractivity contribution in [1.82, 2.24) is 10.2 Å². The average molecular weight is 250 g/mol. The van der Waals surface area contributed by atoms with Crippen molar-refractivity contribution in [3.05, 3.63) is 0 Å². The Labute approximate surface area is 110 Å². The summed E-state index contributed by atoms with van der Waals surface area (Å²) in [7, 11) is 1.93. The summed E-state index contributed by atoms with van der Waals surface area (Å²) in [6, 6.07) is 0.590. The van der Waals surface area contributed by atoms with Gasteiger partial charge in [-0.15, -0.1) is 0 Å². The molecule has 102 valence electrons. The molecule has 1 heterocycles. The van der Waals surface area contributed by atoms with E-state index in [1.165, 1.54) is 38.5 Å². The molecule has 0 aromatic rings. The Kier molecular flexibility index (Phi) is 3.35. The minimum atomic E-state index is 0.0458. The van der Waals surface area contributed by atoms with Gasteiger partial charge in [0.1, 0.15) is 0 Å². The Balaban J connectivity index is 1.71. The zero-order valence-corrected chi connectivity index (χ0v) is 11.7. The van der Waals surface area contributed by atoms with Gasteiger partial charge in [-0.05, 0) is 63.3 Å². The zero-order valence-electron chi connectivity index (χ0n) is 11.7. The van der Waals surface area contributed by atoms with Crippen molar-refractivity contribution < 1.29 is 4.79 Å². The molecule has 5 atom stereocenters. The van der Waals surface area contributed by atoms with Crippen LogP contribution in [-0.2, 0) is 4.79 Å². The summed E-state index contributed by atoms with van der Waals surface area (Å²) in [5.74, 6) is 2.81. The van der Waals surface area contributed by atoms with Crippen molar-refractivity contribution in [2.24, 2.45) is 17.8 Å². The molecule has 3 rings (SSSR count). The summed E-state index contributed by atoms with van der Waals surface area (Å²) in [5.41, 5.74) is 0. The summed E-state index contributed by atoms with van der Waals surface area (Å²) in [5, 5.41) is 3.24. The Bertz CT molecular complexity index is 330. The van der Waals surface area contributed by atoms with E-state index in [0.717, 1.165) is 18.4 Å². The molecular weight excluding hydrogens is 224 g/mol.